The molecule has 18 heavy (non-hydrogen) atoms. The van der Waals surface area contributed by atoms with E-state index in [1.807, 2.05) is 18.2 Å². The molecule has 1 aliphatic heterocycles. The molecule has 1 aliphatic rings. The van der Waals surface area contributed by atoms with Gasteiger partial charge in [0.15, 0.2) is 0 Å². The largest absolute Gasteiger partial charge is 0.243 e. The van der Waals surface area contributed by atoms with Crippen LogP contribution in [0.1, 0.15) is 24.8 Å². The van der Waals surface area contributed by atoms with Gasteiger partial charge in [-0.3, -0.25) is 0 Å². The lowest BCUT2D eigenvalue weighted by Crippen LogP contribution is -2.35. The van der Waals surface area contributed by atoms with Crippen molar-refractivity contribution in [1.82, 2.24) is 4.31 Å². The zero-order chi connectivity index (χ0) is 13.0. The van der Waals surface area contributed by atoms with E-state index in [1.54, 1.807) is 21.4 Å². The SMILES string of the molecule is O=S(=O)(c1ccc(/C=C\Br)cc1)N1CCCCC1. The van der Waals surface area contributed by atoms with Crippen LogP contribution < -0.4 is 0 Å². The molecule has 0 amide bonds. The van der Waals surface area contributed by atoms with Gasteiger partial charge in [-0.25, -0.2) is 8.42 Å². The number of nitrogens with zero attached hydrogens (tertiary/aromatic N) is 1. The average Bonchev–Trinajstić information content (AvgIpc) is 2.41. The van der Waals surface area contributed by atoms with Crippen molar-refractivity contribution in [3.8, 4) is 0 Å². The minimum Gasteiger partial charge on any atom is -0.207 e. The molecule has 0 atom stereocenters. The summed E-state index contributed by atoms with van der Waals surface area (Å²) >= 11 is 3.20. The molecule has 1 aromatic carbocycles. The minimum atomic E-state index is -3.30. The Bertz CT molecular complexity index is 516. The molecule has 98 valence electrons. The van der Waals surface area contributed by atoms with Crippen molar-refractivity contribution in [2.24, 2.45) is 0 Å². The van der Waals surface area contributed by atoms with E-state index in [2.05, 4.69) is 15.9 Å². The fourth-order valence-corrected chi connectivity index (χ4v) is 3.90. The molecule has 0 spiro atoms. The lowest BCUT2D eigenvalue weighted by Gasteiger charge is -2.25. The van der Waals surface area contributed by atoms with Crippen LogP contribution >= 0.6 is 15.9 Å². The Labute approximate surface area is 117 Å². The number of benzene rings is 1. The first-order chi connectivity index (χ1) is 8.64. The molecule has 0 aliphatic carbocycles. The van der Waals surface area contributed by atoms with Crippen LogP contribution in [-0.2, 0) is 10.0 Å². The molecule has 0 bridgehead atoms. The van der Waals surface area contributed by atoms with Crippen LogP contribution in [0.25, 0.3) is 6.08 Å². The predicted octanol–water partition coefficient (Wildman–Crippen LogP) is 3.23. The summed E-state index contributed by atoms with van der Waals surface area (Å²) in [6.07, 6.45) is 4.92. The second-order valence-corrected chi connectivity index (χ2v) is 6.79. The van der Waals surface area contributed by atoms with Crippen LogP contribution in [-0.4, -0.2) is 25.8 Å². The van der Waals surface area contributed by atoms with Crippen molar-refractivity contribution in [2.45, 2.75) is 24.2 Å². The quantitative estimate of drug-likeness (QED) is 0.853. The molecule has 1 heterocycles. The summed E-state index contributed by atoms with van der Waals surface area (Å²) in [4.78, 5) is 2.14. The van der Waals surface area contributed by atoms with Crippen molar-refractivity contribution in [2.75, 3.05) is 13.1 Å². The van der Waals surface area contributed by atoms with Crippen LogP contribution in [0.5, 0.6) is 0 Å². The molecule has 1 fully saturated rings. The number of halogens is 1. The van der Waals surface area contributed by atoms with Crippen molar-refractivity contribution in [1.29, 1.82) is 0 Å². The summed E-state index contributed by atoms with van der Waals surface area (Å²) in [5.41, 5.74) is 0.976. The molecule has 0 saturated carbocycles. The first-order valence-electron chi connectivity index (χ1n) is 6.01. The van der Waals surface area contributed by atoms with Gasteiger partial charge in [-0.15, -0.1) is 0 Å². The van der Waals surface area contributed by atoms with Crippen molar-refractivity contribution in [3.05, 3.63) is 34.8 Å². The molecule has 0 N–H and O–H groups in total. The van der Waals surface area contributed by atoms with Gasteiger partial charge in [0.25, 0.3) is 0 Å². The summed E-state index contributed by atoms with van der Waals surface area (Å²) in [5.74, 6) is 0. The van der Waals surface area contributed by atoms with E-state index in [4.69, 9.17) is 0 Å². The predicted molar refractivity (Wildman–Crippen MR) is 77.0 cm³/mol. The van der Waals surface area contributed by atoms with Crippen molar-refractivity contribution < 1.29 is 8.42 Å². The van der Waals surface area contributed by atoms with Crippen LogP contribution in [0.3, 0.4) is 0 Å². The van der Waals surface area contributed by atoms with E-state index in [9.17, 15) is 8.42 Å². The van der Waals surface area contributed by atoms with Gasteiger partial charge in [-0.05, 0) is 41.6 Å². The normalized spacial score (nSPS) is 18.3. The maximum absolute atomic E-state index is 12.4. The highest BCUT2D eigenvalue weighted by molar-refractivity contribution is 9.11. The van der Waals surface area contributed by atoms with Gasteiger partial charge < -0.3 is 0 Å². The Hall–Kier alpha value is -0.650. The van der Waals surface area contributed by atoms with E-state index >= 15 is 0 Å². The van der Waals surface area contributed by atoms with E-state index in [0.717, 1.165) is 24.8 Å². The smallest absolute Gasteiger partial charge is 0.207 e. The monoisotopic (exact) mass is 329 g/mol. The maximum Gasteiger partial charge on any atom is 0.243 e. The number of sulfonamides is 1. The van der Waals surface area contributed by atoms with E-state index in [1.165, 1.54) is 0 Å². The Balaban J connectivity index is 2.23. The van der Waals surface area contributed by atoms with Crippen LogP contribution in [0, 0.1) is 0 Å². The second-order valence-electron chi connectivity index (χ2n) is 4.33. The highest BCUT2D eigenvalue weighted by atomic mass is 79.9. The third kappa shape index (κ3) is 3.02. The molecule has 2 rings (SSSR count). The van der Waals surface area contributed by atoms with Crippen LogP contribution in [0.2, 0.25) is 0 Å². The fraction of sp³-hybridized carbons (Fsp3) is 0.385. The number of hydrogen-bond acceptors (Lipinski definition) is 2. The van der Waals surface area contributed by atoms with Gasteiger partial charge in [0.1, 0.15) is 0 Å². The highest BCUT2D eigenvalue weighted by Crippen LogP contribution is 2.21. The molecular weight excluding hydrogens is 314 g/mol. The van der Waals surface area contributed by atoms with Gasteiger partial charge >= 0.3 is 0 Å². The first-order valence-corrected chi connectivity index (χ1v) is 8.37. The molecule has 1 aromatic rings. The Morgan fingerprint density at radius 3 is 2.22 bits per heavy atom. The van der Waals surface area contributed by atoms with E-state index in [-0.39, 0.29) is 0 Å². The molecule has 0 aromatic heterocycles. The van der Waals surface area contributed by atoms with Gasteiger partial charge in [-0.2, -0.15) is 4.31 Å². The maximum atomic E-state index is 12.4. The number of rotatable bonds is 3. The van der Waals surface area contributed by atoms with Gasteiger partial charge in [0, 0.05) is 13.1 Å². The molecule has 0 unspecified atom stereocenters. The standard InChI is InChI=1S/C13H16BrNO2S/c14-9-8-12-4-6-13(7-5-12)18(16,17)15-10-2-1-3-11-15/h4-9H,1-3,10-11H2/b9-8-. The Morgan fingerprint density at radius 2 is 1.67 bits per heavy atom. The Kier molecular flexibility index (Phi) is 4.59. The minimum absolute atomic E-state index is 0.385. The summed E-state index contributed by atoms with van der Waals surface area (Å²) in [6, 6.07) is 6.97. The molecule has 1 saturated heterocycles. The van der Waals surface area contributed by atoms with Gasteiger partial charge in [-0.1, -0.05) is 34.5 Å². The third-order valence-corrected chi connectivity index (χ3v) is 5.27. The summed E-state index contributed by atoms with van der Waals surface area (Å²) in [5, 5.41) is 0. The molecule has 3 nitrogen and oxygen atoms in total. The lowest BCUT2D eigenvalue weighted by atomic mass is 10.2. The zero-order valence-corrected chi connectivity index (χ0v) is 12.5. The van der Waals surface area contributed by atoms with Crippen LogP contribution in [0.15, 0.2) is 34.1 Å². The van der Waals surface area contributed by atoms with Crippen molar-refractivity contribution in [3.63, 3.8) is 0 Å². The van der Waals surface area contributed by atoms with Gasteiger partial charge in [0.05, 0.1) is 4.90 Å². The average molecular weight is 330 g/mol. The van der Waals surface area contributed by atoms with Gasteiger partial charge in [0.2, 0.25) is 10.0 Å². The summed E-state index contributed by atoms with van der Waals surface area (Å²) < 4.78 is 26.3. The van der Waals surface area contributed by atoms with E-state index in [0.29, 0.717) is 18.0 Å². The van der Waals surface area contributed by atoms with E-state index < -0.39 is 10.0 Å². The first kappa shape index (κ1) is 13.8. The third-order valence-electron chi connectivity index (χ3n) is 3.09. The number of piperidine rings is 1. The molecule has 0 radical (unpaired) electrons. The molecule has 5 heteroatoms. The number of hydrogen-bond donors (Lipinski definition) is 0. The second kappa shape index (κ2) is 5.99. The summed E-state index contributed by atoms with van der Waals surface area (Å²) in [7, 11) is -3.30. The fourth-order valence-electron chi connectivity index (χ4n) is 2.08. The lowest BCUT2D eigenvalue weighted by molar-refractivity contribution is 0.346. The molecular formula is C13H16BrNO2S. The summed E-state index contributed by atoms with van der Waals surface area (Å²) in [6.45, 7) is 1.29. The Morgan fingerprint density at radius 1 is 1.06 bits per heavy atom. The van der Waals surface area contributed by atoms with Crippen LogP contribution in [0.4, 0.5) is 0 Å². The van der Waals surface area contributed by atoms with Crippen molar-refractivity contribution >= 4 is 32.0 Å². The highest BCUT2D eigenvalue weighted by Gasteiger charge is 2.25. The zero-order valence-electron chi connectivity index (χ0n) is 10.0. The topological polar surface area (TPSA) is 37.4 Å².